The third-order valence-electron chi connectivity index (χ3n) is 6.76. The van der Waals surface area contributed by atoms with E-state index in [1.807, 2.05) is 6.92 Å². The summed E-state index contributed by atoms with van der Waals surface area (Å²) in [6.45, 7) is 3.17. The number of aromatic nitrogens is 1. The van der Waals surface area contributed by atoms with Crippen LogP contribution < -0.4 is 21.1 Å². The van der Waals surface area contributed by atoms with Gasteiger partial charge in [0.2, 0.25) is 11.8 Å². The summed E-state index contributed by atoms with van der Waals surface area (Å²) < 4.78 is 6.48. The molecule has 12 nitrogen and oxygen atoms in total. The van der Waals surface area contributed by atoms with Gasteiger partial charge in [0.1, 0.15) is 23.2 Å². The summed E-state index contributed by atoms with van der Waals surface area (Å²) in [4.78, 5) is 47.4. The number of benzene rings is 1. The number of amides is 2. The van der Waals surface area contributed by atoms with E-state index in [4.69, 9.17) is 15.9 Å². The molecule has 2 fully saturated rings. The highest BCUT2D eigenvalue weighted by molar-refractivity contribution is 7.09. The van der Waals surface area contributed by atoms with Crippen molar-refractivity contribution < 1.29 is 24.2 Å². The van der Waals surface area contributed by atoms with Crippen molar-refractivity contribution in [2.24, 2.45) is 5.73 Å². The number of nitrogens with one attached hydrogen (secondary N) is 3. The van der Waals surface area contributed by atoms with Crippen molar-refractivity contribution in [2.45, 2.75) is 31.0 Å². The van der Waals surface area contributed by atoms with Gasteiger partial charge in [-0.25, -0.2) is 4.79 Å². The number of hydrogen-bond acceptors (Lipinski definition) is 9. The van der Waals surface area contributed by atoms with Gasteiger partial charge < -0.3 is 36.0 Å². The zero-order valence-corrected chi connectivity index (χ0v) is 21.3. The Balaban J connectivity index is 1.92. The van der Waals surface area contributed by atoms with Gasteiger partial charge in [0.05, 0.1) is 23.5 Å². The van der Waals surface area contributed by atoms with E-state index < -0.39 is 23.7 Å². The van der Waals surface area contributed by atoms with Crippen molar-refractivity contribution >= 4 is 35.0 Å². The SMILES string of the molecule is CCC(Oc1ccc(C(=N)N)cc1)C(c1cncs1)(C(C(=O)O)N1CCNCC1=O)N1CCNCC1=O. The van der Waals surface area contributed by atoms with Crippen molar-refractivity contribution in [3.63, 3.8) is 0 Å². The molecule has 4 rings (SSSR count). The lowest BCUT2D eigenvalue weighted by atomic mass is 9.77. The predicted molar refractivity (Wildman–Crippen MR) is 137 cm³/mol. The molecule has 2 saturated heterocycles. The van der Waals surface area contributed by atoms with Crippen LogP contribution in [0.3, 0.4) is 0 Å². The van der Waals surface area contributed by atoms with Gasteiger partial charge in [-0.2, -0.15) is 0 Å². The molecule has 1 aromatic heterocycles. The number of thiazole rings is 1. The molecule has 3 atom stereocenters. The maximum Gasteiger partial charge on any atom is 0.329 e. The standard InChI is InChI=1S/C24H31N7O5S/c1-2-17(36-16-5-3-15(4-6-16)22(25)26)24(18-11-29-14-37-18,31-10-8-28-13-20(31)33)21(23(34)35)30-9-7-27-12-19(30)32/h3-6,11,14,17,21,27-28H,2,7-10,12-13H2,1H3,(H3,25,26)(H,34,35). The molecule has 13 heteroatoms. The molecule has 0 radical (unpaired) electrons. The number of ether oxygens (including phenoxy) is 1. The number of aliphatic carboxylic acids is 1. The van der Waals surface area contributed by atoms with E-state index in [-0.39, 0.29) is 43.8 Å². The molecule has 3 unspecified atom stereocenters. The molecule has 0 saturated carbocycles. The van der Waals surface area contributed by atoms with Crippen LogP contribution in [0.4, 0.5) is 0 Å². The fourth-order valence-corrected chi connectivity index (χ4v) is 6.05. The van der Waals surface area contributed by atoms with Gasteiger partial charge >= 0.3 is 5.97 Å². The summed E-state index contributed by atoms with van der Waals surface area (Å²) in [6.07, 6.45) is 1.03. The van der Waals surface area contributed by atoms with Crippen LogP contribution in [-0.4, -0.2) is 94.9 Å². The molecule has 6 N–H and O–H groups in total. The zero-order chi connectivity index (χ0) is 26.6. The Kier molecular flexibility index (Phi) is 8.05. The lowest BCUT2D eigenvalue weighted by molar-refractivity contribution is -0.172. The summed E-state index contributed by atoms with van der Waals surface area (Å²) in [5, 5.41) is 24.4. The minimum absolute atomic E-state index is 0.00219. The van der Waals surface area contributed by atoms with E-state index >= 15 is 0 Å². The lowest BCUT2D eigenvalue weighted by Gasteiger charge is -2.54. The van der Waals surface area contributed by atoms with Crippen LogP contribution in [-0.2, 0) is 19.9 Å². The zero-order valence-electron chi connectivity index (χ0n) is 20.5. The molecule has 3 heterocycles. The number of carboxylic acid groups (broad SMARTS) is 1. The monoisotopic (exact) mass is 529 g/mol. The third kappa shape index (κ3) is 5.02. The lowest BCUT2D eigenvalue weighted by Crippen LogP contribution is -2.74. The summed E-state index contributed by atoms with van der Waals surface area (Å²) >= 11 is 1.23. The molecule has 0 bridgehead atoms. The maximum atomic E-state index is 13.5. The molecular formula is C24H31N7O5S. The first kappa shape index (κ1) is 26.5. The Morgan fingerprint density at radius 3 is 2.43 bits per heavy atom. The Morgan fingerprint density at radius 2 is 1.89 bits per heavy atom. The Morgan fingerprint density at radius 1 is 1.22 bits per heavy atom. The number of carbonyl (C=O) groups excluding carboxylic acids is 2. The normalized spacial score (nSPS) is 19.7. The van der Waals surface area contributed by atoms with Crippen LogP contribution in [0, 0.1) is 5.41 Å². The van der Waals surface area contributed by atoms with Crippen molar-refractivity contribution in [1.29, 1.82) is 5.41 Å². The Bertz CT molecular complexity index is 1140. The number of amidine groups is 1. The predicted octanol–water partition coefficient (Wildman–Crippen LogP) is -0.203. The Hall–Kier alpha value is -3.55. The molecule has 2 amide bonds. The van der Waals surface area contributed by atoms with Crippen LogP contribution >= 0.6 is 11.3 Å². The van der Waals surface area contributed by atoms with E-state index in [1.165, 1.54) is 16.2 Å². The van der Waals surface area contributed by atoms with Crippen molar-refractivity contribution in [1.82, 2.24) is 25.4 Å². The summed E-state index contributed by atoms with van der Waals surface area (Å²) in [6, 6.07) is 5.17. The van der Waals surface area contributed by atoms with Crippen LogP contribution in [0.25, 0.3) is 0 Å². The van der Waals surface area contributed by atoms with Crippen molar-refractivity contribution in [2.75, 3.05) is 39.3 Å². The first-order chi connectivity index (χ1) is 17.8. The quantitative estimate of drug-likeness (QED) is 0.206. The summed E-state index contributed by atoms with van der Waals surface area (Å²) in [7, 11) is 0. The minimum Gasteiger partial charge on any atom is -0.487 e. The smallest absolute Gasteiger partial charge is 0.329 e. The molecule has 1 aromatic carbocycles. The highest BCUT2D eigenvalue weighted by Gasteiger charge is 2.61. The maximum absolute atomic E-state index is 13.5. The minimum atomic E-state index is -1.56. The number of rotatable bonds is 10. The highest BCUT2D eigenvalue weighted by atomic mass is 32.1. The molecule has 0 spiro atoms. The number of nitrogens with zero attached hydrogens (tertiary/aromatic N) is 3. The topological polar surface area (TPSA) is 174 Å². The molecule has 0 aliphatic carbocycles. The van der Waals surface area contributed by atoms with E-state index in [1.54, 1.807) is 40.9 Å². The molecule has 2 aliphatic rings. The third-order valence-corrected chi connectivity index (χ3v) is 7.67. The second-order valence-corrected chi connectivity index (χ2v) is 9.76. The van der Waals surface area contributed by atoms with Gasteiger partial charge in [-0.1, -0.05) is 6.92 Å². The second-order valence-electron chi connectivity index (χ2n) is 8.87. The van der Waals surface area contributed by atoms with E-state index in [2.05, 4.69) is 15.6 Å². The van der Waals surface area contributed by atoms with Crippen LogP contribution in [0.2, 0.25) is 0 Å². The molecule has 2 aliphatic heterocycles. The number of piperazine rings is 2. The van der Waals surface area contributed by atoms with Gasteiger partial charge in [-0.15, -0.1) is 11.3 Å². The van der Waals surface area contributed by atoms with Gasteiger partial charge in [-0.05, 0) is 30.7 Å². The van der Waals surface area contributed by atoms with Crippen LogP contribution in [0.15, 0.2) is 36.0 Å². The van der Waals surface area contributed by atoms with E-state index in [0.29, 0.717) is 35.7 Å². The van der Waals surface area contributed by atoms with Gasteiger partial charge in [-0.3, -0.25) is 20.0 Å². The first-order valence-electron chi connectivity index (χ1n) is 12.0. The first-order valence-corrected chi connectivity index (χ1v) is 12.9. The Labute approximate surface area is 218 Å². The second kappa shape index (κ2) is 11.2. The van der Waals surface area contributed by atoms with Gasteiger partial charge in [0.15, 0.2) is 6.04 Å². The van der Waals surface area contributed by atoms with Crippen molar-refractivity contribution in [3.05, 3.63) is 46.4 Å². The van der Waals surface area contributed by atoms with E-state index in [9.17, 15) is 19.5 Å². The number of nitrogens with two attached hydrogens (primary N) is 1. The fraction of sp³-hybridized carbons (Fsp3) is 0.458. The summed E-state index contributed by atoms with van der Waals surface area (Å²) in [5.74, 6) is -1.56. The number of carboxylic acids is 1. The largest absolute Gasteiger partial charge is 0.487 e. The summed E-state index contributed by atoms with van der Waals surface area (Å²) in [5.41, 5.74) is 6.12. The number of nitrogen functional groups attached to an aromatic ring is 1. The highest BCUT2D eigenvalue weighted by Crippen LogP contribution is 2.44. The fourth-order valence-electron chi connectivity index (χ4n) is 5.15. The average Bonchev–Trinajstić information content (AvgIpc) is 3.43. The molecular weight excluding hydrogens is 498 g/mol. The van der Waals surface area contributed by atoms with Crippen LogP contribution in [0.5, 0.6) is 5.75 Å². The number of carbonyl (C=O) groups is 3. The van der Waals surface area contributed by atoms with Gasteiger partial charge in [0.25, 0.3) is 0 Å². The average molecular weight is 530 g/mol. The molecule has 2 aromatic rings. The molecule has 198 valence electrons. The number of hydrogen-bond donors (Lipinski definition) is 5. The van der Waals surface area contributed by atoms with Crippen LogP contribution in [0.1, 0.15) is 23.8 Å². The van der Waals surface area contributed by atoms with Gasteiger partial charge in [0, 0.05) is 37.9 Å². The molecule has 37 heavy (non-hydrogen) atoms. The van der Waals surface area contributed by atoms with Crippen molar-refractivity contribution in [3.8, 4) is 5.75 Å². The van der Waals surface area contributed by atoms with E-state index in [0.717, 1.165) is 0 Å².